The third kappa shape index (κ3) is 3.89. The van der Waals surface area contributed by atoms with E-state index >= 15 is 0 Å². The molecule has 2 heterocycles. The maximum atomic E-state index is 14.3. The maximum Gasteiger partial charge on any atom is 0.172 e. The second-order valence-electron chi connectivity index (χ2n) is 6.17. The molecule has 1 unspecified atom stereocenters. The highest BCUT2D eigenvalue weighted by Crippen LogP contribution is 2.28. The van der Waals surface area contributed by atoms with E-state index in [1.165, 1.54) is 6.07 Å². The number of fused-ring (bicyclic) bond motifs is 1. The Kier molecular flexibility index (Phi) is 5.61. The molecule has 8 heteroatoms. The van der Waals surface area contributed by atoms with Gasteiger partial charge in [0.15, 0.2) is 5.65 Å². The van der Waals surface area contributed by atoms with E-state index in [1.807, 2.05) is 46.9 Å². The van der Waals surface area contributed by atoms with Crippen LogP contribution in [-0.4, -0.2) is 19.7 Å². The zero-order chi connectivity index (χ0) is 19.7. The Balaban J connectivity index is 1.69. The number of nitrogens with one attached hydrogen (secondary N) is 1. The minimum Gasteiger partial charge on any atom is -0.378 e. The van der Waals surface area contributed by atoms with Gasteiger partial charge in [-0.3, -0.25) is 0 Å². The molecule has 28 heavy (non-hydrogen) atoms. The van der Waals surface area contributed by atoms with E-state index in [1.54, 1.807) is 35.0 Å². The summed E-state index contributed by atoms with van der Waals surface area (Å²) in [5, 5.41) is 17.3. The van der Waals surface area contributed by atoms with Crippen LogP contribution in [0.4, 0.5) is 10.2 Å². The van der Waals surface area contributed by atoms with Crippen LogP contribution in [0.2, 0.25) is 0 Å². The normalized spacial score (nSPS) is 12.3. The smallest absolute Gasteiger partial charge is 0.172 e. The Morgan fingerprint density at radius 1 is 1.18 bits per heavy atom. The van der Waals surface area contributed by atoms with Gasteiger partial charge in [-0.05, 0) is 61.8 Å². The number of hydrogen-bond donors (Lipinski definition) is 2. The van der Waals surface area contributed by atoms with Gasteiger partial charge in [0.2, 0.25) is 0 Å². The average Bonchev–Trinajstić information content (AvgIpc) is 3.08. The lowest BCUT2D eigenvalue weighted by Crippen LogP contribution is -2.07. The summed E-state index contributed by atoms with van der Waals surface area (Å²) in [7, 11) is 0. The fourth-order valence-electron chi connectivity index (χ4n) is 2.86. The van der Waals surface area contributed by atoms with E-state index in [-0.39, 0.29) is 5.82 Å². The Morgan fingerprint density at radius 2 is 1.93 bits per heavy atom. The molecule has 4 aromatic rings. The minimum absolute atomic E-state index is 0.325. The van der Waals surface area contributed by atoms with Crippen molar-refractivity contribution in [3.8, 4) is 11.3 Å². The van der Waals surface area contributed by atoms with Gasteiger partial charge in [0.1, 0.15) is 15.7 Å². The fourth-order valence-corrected chi connectivity index (χ4v) is 3.62. The molecule has 0 aliphatic carbocycles. The summed E-state index contributed by atoms with van der Waals surface area (Å²) in [5.74, 6) is 0.376. The molecule has 0 spiro atoms. The van der Waals surface area contributed by atoms with Crippen LogP contribution >= 0.6 is 38.5 Å². The number of alkyl halides is 1. The summed E-state index contributed by atoms with van der Waals surface area (Å²) in [5.41, 5.74) is 3.46. The second-order valence-corrected chi connectivity index (χ2v) is 8.20. The largest absolute Gasteiger partial charge is 0.378 e. The van der Waals surface area contributed by atoms with Crippen LogP contribution in [0.5, 0.6) is 0 Å². The van der Waals surface area contributed by atoms with Gasteiger partial charge in [-0.2, -0.15) is 9.61 Å². The van der Waals surface area contributed by atoms with Crippen molar-refractivity contribution < 1.29 is 9.50 Å². The number of aliphatic hydroxyl groups excluding tert-OH is 1. The van der Waals surface area contributed by atoms with Gasteiger partial charge in [-0.1, -0.05) is 36.4 Å². The molecule has 0 amide bonds. The third-order valence-electron chi connectivity index (χ3n) is 4.31. The molecule has 2 N–H and O–H groups in total. The van der Waals surface area contributed by atoms with Crippen LogP contribution in [0.15, 0.2) is 65.3 Å². The first kappa shape index (κ1) is 19.3. The van der Waals surface area contributed by atoms with Gasteiger partial charge in [-0.15, -0.1) is 0 Å². The molecule has 2 aromatic carbocycles. The first-order valence-electron chi connectivity index (χ1n) is 8.47. The van der Waals surface area contributed by atoms with Crippen LogP contribution in [0.3, 0.4) is 0 Å². The Morgan fingerprint density at radius 3 is 2.64 bits per heavy atom. The lowest BCUT2D eigenvalue weighted by Gasteiger charge is -2.12. The number of benzene rings is 2. The van der Waals surface area contributed by atoms with Crippen LogP contribution in [0.1, 0.15) is 15.2 Å². The van der Waals surface area contributed by atoms with Crippen molar-refractivity contribution in [2.24, 2.45) is 0 Å². The molecule has 0 aliphatic rings. The Bertz CT molecular complexity index is 1130. The molecular weight excluding hydrogens is 538 g/mol. The standard InChI is InChI=1S/C20H15BrFIN4O/c21-15-11-25-27-18(24-10-12-5-7-13(8-6-12)19(23)28)9-17(26-20(15)27)14-3-1-2-4-16(14)22/h1-9,11,19,24,28H,10H2. The highest BCUT2D eigenvalue weighted by Gasteiger charge is 2.13. The van der Waals surface area contributed by atoms with Crippen molar-refractivity contribution in [2.75, 3.05) is 5.32 Å². The predicted octanol–water partition coefficient (Wildman–Crippen LogP) is 5.34. The van der Waals surface area contributed by atoms with Gasteiger partial charge in [0.25, 0.3) is 0 Å². The summed E-state index contributed by atoms with van der Waals surface area (Å²) < 4.78 is 16.2. The molecule has 142 valence electrons. The second kappa shape index (κ2) is 8.14. The van der Waals surface area contributed by atoms with Crippen LogP contribution < -0.4 is 5.32 Å². The molecule has 2 aromatic heterocycles. The first-order chi connectivity index (χ1) is 13.5. The summed E-state index contributed by atoms with van der Waals surface area (Å²) in [6, 6.07) is 16.1. The highest BCUT2D eigenvalue weighted by atomic mass is 127. The molecule has 5 nitrogen and oxygen atoms in total. The van der Waals surface area contributed by atoms with E-state index in [0.717, 1.165) is 15.6 Å². The Hall–Kier alpha value is -2.04. The van der Waals surface area contributed by atoms with Crippen molar-refractivity contribution in [3.05, 3.63) is 82.2 Å². The van der Waals surface area contributed by atoms with Crippen molar-refractivity contribution in [3.63, 3.8) is 0 Å². The zero-order valence-electron chi connectivity index (χ0n) is 14.5. The van der Waals surface area contributed by atoms with Crippen LogP contribution in [0.25, 0.3) is 16.9 Å². The van der Waals surface area contributed by atoms with E-state index in [2.05, 4.69) is 31.3 Å². The number of aromatic nitrogens is 3. The van der Waals surface area contributed by atoms with Crippen molar-refractivity contribution >= 4 is 50.0 Å². The summed E-state index contributed by atoms with van der Waals surface area (Å²) in [4.78, 5) is 4.56. The fraction of sp³-hybridized carbons (Fsp3) is 0.100. The number of halogens is 3. The molecule has 1 atom stereocenters. The Labute approximate surface area is 182 Å². The predicted molar refractivity (Wildman–Crippen MR) is 119 cm³/mol. The van der Waals surface area contributed by atoms with E-state index in [0.29, 0.717) is 29.3 Å². The van der Waals surface area contributed by atoms with E-state index in [4.69, 9.17) is 0 Å². The summed E-state index contributed by atoms with van der Waals surface area (Å²) in [6.07, 6.45) is 1.66. The number of aliphatic hydroxyl groups is 1. The van der Waals surface area contributed by atoms with Gasteiger partial charge < -0.3 is 10.4 Å². The van der Waals surface area contributed by atoms with Gasteiger partial charge in [0, 0.05) is 18.2 Å². The summed E-state index contributed by atoms with van der Waals surface area (Å²) >= 11 is 5.41. The van der Waals surface area contributed by atoms with Crippen LogP contribution in [0, 0.1) is 5.82 Å². The first-order valence-corrected chi connectivity index (χ1v) is 10.5. The molecule has 4 rings (SSSR count). The molecular formula is C20H15BrFIN4O. The SMILES string of the molecule is OC(I)c1ccc(CNc2cc(-c3ccccc3F)nc3c(Br)cnn23)cc1. The lowest BCUT2D eigenvalue weighted by molar-refractivity contribution is 0.286. The monoisotopic (exact) mass is 552 g/mol. The molecule has 0 aliphatic heterocycles. The van der Waals surface area contributed by atoms with Gasteiger partial charge in [0.05, 0.1) is 16.4 Å². The van der Waals surface area contributed by atoms with Crippen LogP contribution in [-0.2, 0) is 6.54 Å². The van der Waals surface area contributed by atoms with Gasteiger partial charge in [-0.25, -0.2) is 9.37 Å². The third-order valence-corrected chi connectivity index (χ3v) is 5.59. The molecule has 0 saturated carbocycles. The number of hydrogen-bond acceptors (Lipinski definition) is 4. The van der Waals surface area contributed by atoms with Gasteiger partial charge >= 0.3 is 0 Å². The van der Waals surface area contributed by atoms with Crippen molar-refractivity contribution in [2.45, 2.75) is 10.7 Å². The molecule has 0 saturated heterocycles. The number of rotatable bonds is 5. The molecule has 0 fully saturated rings. The summed E-state index contributed by atoms with van der Waals surface area (Å²) in [6.45, 7) is 0.547. The van der Waals surface area contributed by atoms with Crippen molar-refractivity contribution in [1.29, 1.82) is 0 Å². The van der Waals surface area contributed by atoms with E-state index < -0.39 is 4.11 Å². The maximum absolute atomic E-state index is 14.3. The number of anilines is 1. The average molecular weight is 553 g/mol. The van der Waals surface area contributed by atoms with Crippen molar-refractivity contribution in [1.82, 2.24) is 14.6 Å². The highest BCUT2D eigenvalue weighted by molar-refractivity contribution is 14.1. The zero-order valence-corrected chi connectivity index (χ0v) is 18.2. The quantitative estimate of drug-likeness (QED) is 0.259. The van der Waals surface area contributed by atoms with E-state index in [9.17, 15) is 9.50 Å². The lowest BCUT2D eigenvalue weighted by atomic mass is 10.1. The topological polar surface area (TPSA) is 62.5 Å². The molecule has 0 radical (unpaired) electrons. The number of nitrogens with zero attached hydrogens (tertiary/aromatic N) is 3. The molecule has 0 bridgehead atoms. The minimum atomic E-state index is -0.524.